The van der Waals surface area contributed by atoms with Gasteiger partial charge in [0.15, 0.2) is 0 Å². The van der Waals surface area contributed by atoms with Gasteiger partial charge in [-0.1, -0.05) is 35.9 Å². The molecule has 1 N–H and O–H groups in total. The summed E-state index contributed by atoms with van der Waals surface area (Å²) in [6, 6.07) is 13.5. The lowest BCUT2D eigenvalue weighted by Crippen LogP contribution is -2.17. The number of hydrogen-bond acceptors (Lipinski definition) is 1. The Morgan fingerprint density at radius 1 is 1.00 bits per heavy atom. The van der Waals surface area contributed by atoms with Gasteiger partial charge in [0.25, 0.3) is 0 Å². The van der Waals surface area contributed by atoms with Crippen molar-refractivity contribution in [2.75, 3.05) is 6.54 Å². The van der Waals surface area contributed by atoms with E-state index in [-0.39, 0.29) is 5.82 Å². The average molecular weight is 257 g/mol. The SMILES string of the molecule is Cc1ccc(CNCCc2ccc(F)cc2C)cc1. The van der Waals surface area contributed by atoms with Crippen molar-refractivity contribution in [1.82, 2.24) is 5.32 Å². The lowest BCUT2D eigenvalue weighted by atomic mass is 10.1. The van der Waals surface area contributed by atoms with Crippen LogP contribution >= 0.6 is 0 Å². The third-order valence-electron chi connectivity index (χ3n) is 3.33. The van der Waals surface area contributed by atoms with Crippen molar-refractivity contribution >= 4 is 0 Å². The van der Waals surface area contributed by atoms with Crippen LogP contribution in [0.5, 0.6) is 0 Å². The maximum atomic E-state index is 13.0. The van der Waals surface area contributed by atoms with Crippen molar-refractivity contribution in [2.45, 2.75) is 26.8 Å². The molecule has 2 heteroatoms. The second-order valence-corrected chi connectivity index (χ2v) is 4.98. The fraction of sp³-hybridized carbons (Fsp3) is 0.294. The molecule has 2 aromatic carbocycles. The largest absolute Gasteiger partial charge is 0.312 e. The maximum absolute atomic E-state index is 13.0. The zero-order chi connectivity index (χ0) is 13.7. The fourth-order valence-corrected chi connectivity index (χ4v) is 2.10. The molecule has 0 radical (unpaired) electrons. The Kier molecular flexibility index (Phi) is 4.69. The quantitative estimate of drug-likeness (QED) is 0.804. The van der Waals surface area contributed by atoms with Crippen molar-refractivity contribution < 1.29 is 4.39 Å². The van der Waals surface area contributed by atoms with Crippen molar-refractivity contribution in [3.63, 3.8) is 0 Å². The maximum Gasteiger partial charge on any atom is 0.123 e. The summed E-state index contributed by atoms with van der Waals surface area (Å²) in [5.41, 5.74) is 4.81. The first-order valence-corrected chi connectivity index (χ1v) is 6.66. The molecule has 0 aliphatic rings. The Bertz CT molecular complexity index is 531. The van der Waals surface area contributed by atoms with Crippen LogP contribution in [-0.2, 0) is 13.0 Å². The molecule has 0 saturated heterocycles. The van der Waals surface area contributed by atoms with E-state index in [1.54, 1.807) is 6.07 Å². The first-order valence-electron chi connectivity index (χ1n) is 6.66. The van der Waals surface area contributed by atoms with E-state index in [1.807, 2.05) is 13.0 Å². The van der Waals surface area contributed by atoms with Crippen LogP contribution < -0.4 is 5.32 Å². The predicted octanol–water partition coefficient (Wildman–Crippen LogP) is 3.77. The topological polar surface area (TPSA) is 12.0 Å². The van der Waals surface area contributed by atoms with E-state index in [1.165, 1.54) is 22.8 Å². The number of rotatable bonds is 5. The molecule has 1 nitrogen and oxygen atoms in total. The minimum Gasteiger partial charge on any atom is -0.312 e. The molecule has 2 rings (SSSR count). The molecule has 0 fully saturated rings. The van der Waals surface area contributed by atoms with Crippen LogP contribution in [0.15, 0.2) is 42.5 Å². The van der Waals surface area contributed by atoms with Crippen LogP contribution in [0.4, 0.5) is 4.39 Å². The van der Waals surface area contributed by atoms with Crippen molar-refractivity contribution in [3.05, 3.63) is 70.5 Å². The summed E-state index contributed by atoms with van der Waals surface area (Å²) in [4.78, 5) is 0. The first kappa shape index (κ1) is 13.8. The van der Waals surface area contributed by atoms with E-state index >= 15 is 0 Å². The highest BCUT2D eigenvalue weighted by molar-refractivity contribution is 5.27. The Labute approximate surface area is 114 Å². The van der Waals surface area contributed by atoms with Gasteiger partial charge in [0.2, 0.25) is 0 Å². The molecule has 100 valence electrons. The highest BCUT2D eigenvalue weighted by Gasteiger charge is 2.00. The van der Waals surface area contributed by atoms with E-state index in [9.17, 15) is 4.39 Å². The number of benzene rings is 2. The summed E-state index contributed by atoms with van der Waals surface area (Å²) in [6.45, 7) is 5.83. The lowest BCUT2D eigenvalue weighted by Gasteiger charge is -2.08. The lowest BCUT2D eigenvalue weighted by molar-refractivity contribution is 0.624. The van der Waals surface area contributed by atoms with Crippen LogP contribution in [0.25, 0.3) is 0 Å². The van der Waals surface area contributed by atoms with Gasteiger partial charge in [-0.25, -0.2) is 4.39 Å². The van der Waals surface area contributed by atoms with Gasteiger partial charge in [-0.15, -0.1) is 0 Å². The number of aryl methyl sites for hydroxylation is 2. The summed E-state index contributed by atoms with van der Waals surface area (Å²) >= 11 is 0. The normalized spacial score (nSPS) is 10.7. The molecule has 0 heterocycles. The zero-order valence-electron chi connectivity index (χ0n) is 11.5. The second-order valence-electron chi connectivity index (χ2n) is 4.98. The Balaban J connectivity index is 1.79. The minimum absolute atomic E-state index is 0.158. The van der Waals surface area contributed by atoms with Crippen LogP contribution in [0, 0.1) is 19.7 Å². The average Bonchev–Trinajstić information content (AvgIpc) is 2.39. The highest BCUT2D eigenvalue weighted by Crippen LogP contribution is 2.10. The fourth-order valence-electron chi connectivity index (χ4n) is 2.10. The van der Waals surface area contributed by atoms with Gasteiger partial charge in [0, 0.05) is 6.54 Å². The van der Waals surface area contributed by atoms with E-state index in [0.29, 0.717) is 0 Å². The Morgan fingerprint density at radius 2 is 1.74 bits per heavy atom. The zero-order valence-corrected chi connectivity index (χ0v) is 11.5. The molecule has 0 unspecified atom stereocenters. The van der Waals surface area contributed by atoms with Crippen LogP contribution in [0.2, 0.25) is 0 Å². The minimum atomic E-state index is -0.158. The molecule has 2 aromatic rings. The molecule has 0 atom stereocenters. The Morgan fingerprint density at radius 3 is 2.42 bits per heavy atom. The standard InChI is InChI=1S/C17H20FN/c1-13-3-5-15(6-4-13)12-19-10-9-16-7-8-17(18)11-14(16)2/h3-8,11,19H,9-10,12H2,1-2H3. The first-order chi connectivity index (χ1) is 9.15. The van der Waals surface area contributed by atoms with Crippen LogP contribution in [0.3, 0.4) is 0 Å². The summed E-state index contributed by atoms with van der Waals surface area (Å²) < 4.78 is 13.0. The smallest absolute Gasteiger partial charge is 0.123 e. The van der Waals surface area contributed by atoms with Crippen LogP contribution in [-0.4, -0.2) is 6.54 Å². The van der Waals surface area contributed by atoms with Gasteiger partial charge in [0.1, 0.15) is 5.82 Å². The second kappa shape index (κ2) is 6.48. The molecule has 0 saturated carbocycles. The van der Waals surface area contributed by atoms with E-state index in [4.69, 9.17) is 0 Å². The van der Waals surface area contributed by atoms with Gasteiger partial charge in [-0.05, 0) is 55.6 Å². The van der Waals surface area contributed by atoms with Gasteiger partial charge in [-0.3, -0.25) is 0 Å². The van der Waals surface area contributed by atoms with Gasteiger partial charge < -0.3 is 5.32 Å². The number of hydrogen-bond donors (Lipinski definition) is 1. The van der Waals surface area contributed by atoms with E-state index in [2.05, 4.69) is 36.5 Å². The van der Waals surface area contributed by atoms with Gasteiger partial charge in [-0.2, -0.15) is 0 Å². The third kappa shape index (κ3) is 4.18. The monoisotopic (exact) mass is 257 g/mol. The molecule has 0 aliphatic carbocycles. The highest BCUT2D eigenvalue weighted by atomic mass is 19.1. The molecular formula is C17H20FN. The summed E-state index contributed by atoms with van der Waals surface area (Å²) in [5, 5.41) is 3.42. The van der Waals surface area contributed by atoms with E-state index < -0.39 is 0 Å². The summed E-state index contributed by atoms with van der Waals surface area (Å²) in [6.07, 6.45) is 0.929. The van der Waals surface area contributed by atoms with Crippen molar-refractivity contribution in [3.8, 4) is 0 Å². The summed E-state index contributed by atoms with van der Waals surface area (Å²) in [5.74, 6) is -0.158. The van der Waals surface area contributed by atoms with Gasteiger partial charge >= 0.3 is 0 Å². The number of nitrogens with one attached hydrogen (secondary N) is 1. The molecule has 19 heavy (non-hydrogen) atoms. The third-order valence-corrected chi connectivity index (χ3v) is 3.33. The van der Waals surface area contributed by atoms with E-state index in [0.717, 1.165) is 25.1 Å². The molecular weight excluding hydrogens is 237 g/mol. The molecule has 0 amide bonds. The van der Waals surface area contributed by atoms with Crippen LogP contribution in [0.1, 0.15) is 22.3 Å². The molecule has 0 bridgehead atoms. The molecule has 0 spiro atoms. The molecule has 0 aliphatic heterocycles. The number of halogens is 1. The predicted molar refractivity (Wildman–Crippen MR) is 77.7 cm³/mol. The van der Waals surface area contributed by atoms with Crippen molar-refractivity contribution in [1.29, 1.82) is 0 Å². The molecule has 0 aromatic heterocycles. The summed E-state index contributed by atoms with van der Waals surface area (Å²) in [7, 11) is 0. The Hall–Kier alpha value is -1.67. The van der Waals surface area contributed by atoms with Gasteiger partial charge in [0.05, 0.1) is 0 Å². The van der Waals surface area contributed by atoms with Crippen molar-refractivity contribution in [2.24, 2.45) is 0 Å².